The van der Waals surface area contributed by atoms with Crippen molar-refractivity contribution in [3.05, 3.63) is 97.1 Å². The molecular formula is C24H18O5P+. The smallest absolute Gasteiger partial charge is 0.508 e. The van der Waals surface area contributed by atoms with E-state index < -0.39 is 8.25 Å². The Kier molecular flexibility index (Phi) is 5.64. The monoisotopic (exact) mass is 417 g/mol. The van der Waals surface area contributed by atoms with E-state index in [1.54, 1.807) is 48.5 Å². The van der Waals surface area contributed by atoms with Crippen molar-refractivity contribution in [3.8, 4) is 45.3 Å². The molecule has 0 aliphatic rings. The Balaban J connectivity index is 1.37. The Hall–Kier alpha value is -3.82. The summed E-state index contributed by atoms with van der Waals surface area (Å²) in [6.07, 6.45) is 0. The molecule has 0 saturated heterocycles. The number of phenolic OH excluding ortho intramolecular Hbond substituents is 2. The van der Waals surface area contributed by atoms with Gasteiger partial charge in [-0.15, -0.1) is 0 Å². The molecule has 0 amide bonds. The number of aromatic hydroxyl groups is 2. The van der Waals surface area contributed by atoms with E-state index in [-0.39, 0.29) is 11.5 Å². The molecule has 0 aliphatic heterocycles. The zero-order chi connectivity index (χ0) is 20.9. The minimum atomic E-state index is -2.39. The van der Waals surface area contributed by atoms with E-state index in [0.29, 0.717) is 11.5 Å². The van der Waals surface area contributed by atoms with Crippen LogP contribution in [0.25, 0.3) is 22.3 Å². The predicted molar refractivity (Wildman–Crippen MR) is 116 cm³/mol. The predicted octanol–water partition coefficient (Wildman–Crippen LogP) is 6.55. The highest BCUT2D eigenvalue weighted by Crippen LogP contribution is 2.33. The molecule has 30 heavy (non-hydrogen) atoms. The highest BCUT2D eigenvalue weighted by Gasteiger charge is 2.24. The van der Waals surface area contributed by atoms with Gasteiger partial charge in [0, 0.05) is 4.57 Å². The lowest BCUT2D eigenvalue weighted by Gasteiger charge is -2.03. The molecule has 0 fully saturated rings. The van der Waals surface area contributed by atoms with Gasteiger partial charge in [-0.3, -0.25) is 0 Å². The van der Waals surface area contributed by atoms with Crippen molar-refractivity contribution in [2.45, 2.75) is 0 Å². The lowest BCUT2D eigenvalue weighted by Crippen LogP contribution is -1.89. The van der Waals surface area contributed by atoms with Gasteiger partial charge >= 0.3 is 8.25 Å². The maximum absolute atomic E-state index is 12.2. The van der Waals surface area contributed by atoms with Crippen molar-refractivity contribution in [2.75, 3.05) is 0 Å². The standard InChI is InChI=1S/C24H17O5P/c25-21-9-1-17(2-10-21)19-5-13-23(14-6-19)28-30(27)29-24-15-7-20(8-16-24)18-3-11-22(26)12-4-18/h1-16H,(H-,25,26)/p+1. The van der Waals surface area contributed by atoms with Gasteiger partial charge < -0.3 is 10.2 Å². The van der Waals surface area contributed by atoms with Crippen molar-refractivity contribution < 1.29 is 23.8 Å². The highest BCUT2D eigenvalue weighted by molar-refractivity contribution is 7.34. The quantitative estimate of drug-likeness (QED) is 0.348. The Labute approximate surface area is 174 Å². The molecule has 5 nitrogen and oxygen atoms in total. The Morgan fingerprint density at radius 2 is 0.733 bits per heavy atom. The normalized spacial score (nSPS) is 10.4. The molecule has 0 unspecified atom stereocenters. The maximum Gasteiger partial charge on any atom is 0.805 e. The van der Waals surface area contributed by atoms with Gasteiger partial charge in [0.05, 0.1) is 0 Å². The third-order valence-electron chi connectivity index (χ3n) is 4.47. The fourth-order valence-electron chi connectivity index (χ4n) is 2.92. The minimum Gasteiger partial charge on any atom is -0.508 e. The van der Waals surface area contributed by atoms with Crippen molar-refractivity contribution in [2.24, 2.45) is 0 Å². The van der Waals surface area contributed by atoms with Crippen LogP contribution in [0.1, 0.15) is 0 Å². The first kappa shape index (κ1) is 19.5. The summed E-state index contributed by atoms with van der Waals surface area (Å²) in [5.74, 6) is 1.28. The molecule has 148 valence electrons. The largest absolute Gasteiger partial charge is 0.805 e. The van der Waals surface area contributed by atoms with Gasteiger partial charge in [-0.2, -0.15) is 0 Å². The Morgan fingerprint density at radius 1 is 0.467 bits per heavy atom. The van der Waals surface area contributed by atoms with E-state index in [4.69, 9.17) is 9.05 Å². The third kappa shape index (κ3) is 4.77. The summed E-state index contributed by atoms with van der Waals surface area (Å²) in [6.45, 7) is 0. The van der Waals surface area contributed by atoms with E-state index in [2.05, 4.69) is 0 Å². The zero-order valence-electron chi connectivity index (χ0n) is 15.8. The second-order valence-corrected chi connectivity index (χ2v) is 7.36. The summed E-state index contributed by atoms with van der Waals surface area (Å²) in [7, 11) is -2.39. The van der Waals surface area contributed by atoms with E-state index in [9.17, 15) is 14.8 Å². The molecule has 0 spiro atoms. The third-order valence-corrected chi connectivity index (χ3v) is 5.19. The van der Waals surface area contributed by atoms with Crippen LogP contribution in [-0.4, -0.2) is 10.2 Å². The van der Waals surface area contributed by atoms with Crippen molar-refractivity contribution in [1.29, 1.82) is 0 Å². The first-order valence-electron chi connectivity index (χ1n) is 9.19. The van der Waals surface area contributed by atoms with Gasteiger partial charge in [0.1, 0.15) is 11.5 Å². The first-order chi connectivity index (χ1) is 14.6. The van der Waals surface area contributed by atoms with Gasteiger partial charge in [0.15, 0.2) is 11.5 Å². The molecule has 2 N–H and O–H groups in total. The van der Waals surface area contributed by atoms with Gasteiger partial charge in [-0.05, 0) is 70.8 Å². The number of hydrogen-bond acceptors (Lipinski definition) is 5. The summed E-state index contributed by atoms with van der Waals surface area (Å²) in [4.78, 5) is 0. The molecule has 0 aromatic heterocycles. The fourth-order valence-corrected chi connectivity index (χ4v) is 3.54. The Morgan fingerprint density at radius 3 is 1.03 bits per heavy atom. The van der Waals surface area contributed by atoms with Crippen LogP contribution in [-0.2, 0) is 4.57 Å². The zero-order valence-corrected chi connectivity index (χ0v) is 16.7. The van der Waals surface area contributed by atoms with E-state index in [1.807, 2.05) is 48.5 Å². The Bertz CT molecular complexity index is 1040. The number of hydrogen-bond donors (Lipinski definition) is 2. The van der Waals surface area contributed by atoms with Crippen molar-refractivity contribution >= 4 is 8.25 Å². The van der Waals surface area contributed by atoms with Crippen LogP contribution in [0.15, 0.2) is 97.1 Å². The van der Waals surface area contributed by atoms with E-state index in [0.717, 1.165) is 22.3 Å². The van der Waals surface area contributed by atoms with Crippen molar-refractivity contribution in [1.82, 2.24) is 0 Å². The summed E-state index contributed by atoms with van der Waals surface area (Å²) in [6, 6.07) is 28.0. The molecule has 6 heteroatoms. The summed E-state index contributed by atoms with van der Waals surface area (Å²) in [5.41, 5.74) is 3.80. The average molecular weight is 417 g/mol. The molecule has 0 bridgehead atoms. The minimum absolute atomic E-state index is 0.212. The molecule has 0 radical (unpaired) electrons. The lowest BCUT2D eigenvalue weighted by molar-refractivity contribution is 0.415. The first-order valence-corrected chi connectivity index (χ1v) is 10.3. The second kappa shape index (κ2) is 8.68. The van der Waals surface area contributed by atoms with Crippen LogP contribution in [0.5, 0.6) is 23.0 Å². The molecule has 4 rings (SSSR count). The number of phenols is 2. The molecule has 0 heterocycles. The number of benzene rings is 4. The fraction of sp³-hybridized carbons (Fsp3) is 0. The van der Waals surface area contributed by atoms with Crippen LogP contribution < -0.4 is 9.05 Å². The van der Waals surface area contributed by atoms with Crippen LogP contribution in [0.2, 0.25) is 0 Å². The lowest BCUT2D eigenvalue weighted by atomic mass is 10.1. The van der Waals surface area contributed by atoms with Crippen LogP contribution >= 0.6 is 8.25 Å². The topological polar surface area (TPSA) is 76.0 Å². The second-order valence-electron chi connectivity index (χ2n) is 6.55. The van der Waals surface area contributed by atoms with Crippen LogP contribution in [0, 0.1) is 0 Å². The molecule has 0 atom stereocenters. The van der Waals surface area contributed by atoms with E-state index in [1.165, 1.54) is 0 Å². The highest BCUT2D eigenvalue weighted by atomic mass is 31.1. The van der Waals surface area contributed by atoms with Crippen molar-refractivity contribution in [3.63, 3.8) is 0 Å². The average Bonchev–Trinajstić information content (AvgIpc) is 2.76. The van der Waals surface area contributed by atoms with Gasteiger partial charge in [-0.25, -0.2) is 9.05 Å². The van der Waals surface area contributed by atoms with Gasteiger partial charge in [0.2, 0.25) is 0 Å². The summed E-state index contributed by atoms with van der Waals surface area (Å²) >= 11 is 0. The molecule has 0 aliphatic carbocycles. The molecule has 4 aromatic rings. The number of rotatable bonds is 6. The van der Waals surface area contributed by atoms with Crippen LogP contribution in [0.3, 0.4) is 0 Å². The summed E-state index contributed by atoms with van der Waals surface area (Å²) < 4.78 is 23.0. The SMILES string of the molecule is O=[P+](Oc1ccc(-c2ccc(O)cc2)cc1)Oc1ccc(-c2ccc(O)cc2)cc1. The van der Waals surface area contributed by atoms with E-state index >= 15 is 0 Å². The summed E-state index contributed by atoms with van der Waals surface area (Å²) in [5, 5.41) is 18.8. The van der Waals surface area contributed by atoms with Crippen LogP contribution in [0.4, 0.5) is 0 Å². The molecular weight excluding hydrogens is 399 g/mol. The maximum atomic E-state index is 12.2. The molecule has 4 aromatic carbocycles. The van der Waals surface area contributed by atoms with Gasteiger partial charge in [0.25, 0.3) is 0 Å². The molecule has 0 saturated carbocycles. The van der Waals surface area contributed by atoms with Gasteiger partial charge in [-0.1, -0.05) is 48.5 Å².